The van der Waals surface area contributed by atoms with Crippen LogP contribution in [0.1, 0.15) is 58.8 Å². The van der Waals surface area contributed by atoms with Gasteiger partial charge in [0.25, 0.3) is 0 Å². The highest BCUT2D eigenvalue weighted by molar-refractivity contribution is 5.70. The first-order valence-corrected chi connectivity index (χ1v) is 7.53. The van der Waals surface area contributed by atoms with E-state index in [2.05, 4.69) is 19.2 Å². The van der Waals surface area contributed by atoms with Gasteiger partial charge in [0.15, 0.2) is 0 Å². The molecule has 18 heavy (non-hydrogen) atoms. The number of rotatable bonds is 7. The van der Waals surface area contributed by atoms with Gasteiger partial charge in [-0.25, -0.2) is 0 Å². The largest absolute Gasteiger partial charge is 0.481 e. The van der Waals surface area contributed by atoms with Crippen molar-refractivity contribution in [2.45, 2.75) is 58.8 Å². The smallest absolute Gasteiger partial charge is 0.307 e. The zero-order chi connectivity index (χ0) is 13.4. The first-order valence-electron chi connectivity index (χ1n) is 7.53. The molecule has 1 aliphatic carbocycles. The van der Waals surface area contributed by atoms with E-state index in [0.717, 1.165) is 18.9 Å². The molecule has 0 amide bonds. The molecular weight excluding hydrogens is 226 g/mol. The minimum atomic E-state index is -0.655. The Morgan fingerprint density at radius 1 is 1.22 bits per heavy atom. The lowest BCUT2D eigenvalue weighted by Gasteiger charge is -2.19. The topological polar surface area (TPSA) is 49.3 Å². The number of carboxylic acid groups (broad SMARTS) is 1. The predicted octanol–water partition coefficient (Wildman–Crippen LogP) is 3.29. The quantitative estimate of drug-likeness (QED) is 0.686. The van der Waals surface area contributed by atoms with Gasteiger partial charge in [0.05, 0.1) is 5.92 Å². The highest BCUT2D eigenvalue weighted by Crippen LogP contribution is 2.22. The van der Waals surface area contributed by atoms with E-state index >= 15 is 0 Å². The summed E-state index contributed by atoms with van der Waals surface area (Å²) >= 11 is 0. The summed E-state index contributed by atoms with van der Waals surface area (Å²) in [4.78, 5) is 11.1. The molecule has 0 radical (unpaired) electrons. The average Bonchev–Trinajstić information content (AvgIpc) is 2.55. The Bertz CT molecular complexity index is 233. The Morgan fingerprint density at radius 2 is 1.83 bits per heavy atom. The van der Waals surface area contributed by atoms with E-state index in [1.165, 1.54) is 38.5 Å². The summed E-state index contributed by atoms with van der Waals surface area (Å²) < 4.78 is 0. The Hall–Kier alpha value is -0.570. The van der Waals surface area contributed by atoms with Gasteiger partial charge in [-0.1, -0.05) is 39.5 Å². The summed E-state index contributed by atoms with van der Waals surface area (Å²) in [5.74, 6) is 0.333. The van der Waals surface area contributed by atoms with Crippen molar-refractivity contribution in [3.63, 3.8) is 0 Å². The van der Waals surface area contributed by atoms with E-state index in [1.54, 1.807) is 0 Å². The van der Waals surface area contributed by atoms with E-state index in [9.17, 15) is 4.79 Å². The van der Waals surface area contributed by atoms with Crippen molar-refractivity contribution >= 4 is 5.97 Å². The van der Waals surface area contributed by atoms with Gasteiger partial charge in [-0.05, 0) is 37.6 Å². The highest BCUT2D eigenvalue weighted by atomic mass is 16.4. The fraction of sp³-hybridized carbons (Fsp3) is 0.933. The van der Waals surface area contributed by atoms with Crippen LogP contribution in [0.5, 0.6) is 0 Å². The standard InChI is InChI=1S/C15H29NO2/c1-12(2)9-14(15(17)18)11-16-10-13-7-5-3-4-6-8-13/h12-14,16H,3-11H2,1-2H3,(H,17,18). The Balaban J connectivity index is 2.22. The number of nitrogens with one attached hydrogen (secondary N) is 1. The molecule has 1 saturated carbocycles. The second kappa shape index (κ2) is 8.52. The lowest BCUT2D eigenvalue weighted by atomic mass is 9.96. The van der Waals surface area contributed by atoms with E-state index in [1.807, 2.05) is 0 Å². The van der Waals surface area contributed by atoms with Crippen LogP contribution in [0.15, 0.2) is 0 Å². The maximum atomic E-state index is 11.1. The van der Waals surface area contributed by atoms with Crippen molar-refractivity contribution in [1.29, 1.82) is 0 Å². The fourth-order valence-electron chi connectivity index (χ4n) is 2.87. The van der Waals surface area contributed by atoms with Crippen LogP contribution in [0.2, 0.25) is 0 Å². The normalized spacial score (nSPS) is 19.7. The third kappa shape index (κ3) is 6.39. The first-order chi connectivity index (χ1) is 8.59. The maximum Gasteiger partial charge on any atom is 0.307 e. The summed E-state index contributed by atoms with van der Waals surface area (Å²) in [7, 11) is 0. The van der Waals surface area contributed by atoms with Crippen molar-refractivity contribution in [2.75, 3.05) is 13.1 Å². The summed E-state index contributed by atoms with van der Waals surface area (Å²) in [6.45, 7) is 5.80. The molecule has 106 valence electrons. The lowest BCUT2D eigenvalue weighted by molar-refractivity contribution is -0.142. The molecule has 1 fully saturated rings. The van der Waals surface area contributed by atoms with E-state index in [4.69, 9.17) is 5.11 Å². The number of aliphatic carboxylic acids is 1. The Labute approximate surface area is 111 Å². The molecule has 0 spiro atoms. The third-order valence-corrected chi connectivity index (χ3v) is 3.90. The molecule has 0 saturated heterocycles. The van der Waals surface area contributed by atoms with Crippen LogP contribution in [0.25, 0.3) is 0 Å². The summed E-state index contributed by atoms with van der Waals surface area (Å²) in [6.07, 6.45) is 8.85. The van der Waals surface area contributed by atoms with Crippen LogP contribution in [0.4, 0.5) is 0 Å². The average molecular weight is 255 g/mol. The van der Waals surface area contributed by atoms with E-state index in [-0.39, 0.29) is 5.92 Å². The molecule has 0 bridgehead atoms. The summed E-state index contributed by atoms with van der Waals surface area (Å²) in [5, 5.41) is 12.6. The third-order valence-electron chi connectivity index (χ3n) is 3.90. The van der Waals surface area contributed by atoms with Crippen molar-refractivity contribution < 1.29 is 9.90 Å². The van der Waals surface area contributed by atoms with E-state index < -0.39 is 5.97 Å². The van der Waals surface area contributed by atoms with Crippen molar-refractivity contribution in [3.8, 4) is 0 Å². The van der Waals surface area contributed by atoms with Gasteiger partial charge < -0.3 is 10.4 Å². The first kappa shape index (κ1) is 15.5. The van der Waals surface area contributed by atoms with Gasteiger partial charge in [-0.3, -0.25) is 4.79 Å². The zero-order valence-electron chi connectivity index (χ0n) is 12.0. The highest BCUT2D eigenvalue weighted by Gasteiger charge is 2.19. The molecule has 3 nitrogen and oxygen atoms in total. The molecule has 0 aromatic carbocycles. The van der Waals surface area contributed by atoms with Gasteiger partial charge in [-0.15, -0.1) is 0 Å². The van der Waals surface area contributed by atoms with Gasteiger partial charge in [-0.2, -0.15) is 0 Å². The minimum Gasteiger partial charge on any atom is -0.481 e. The minimum absolute atomic E-state index is 0.226. The SMILES string of the molecule is CC(C)CC(CNCC1CCCCCC1)C(=O)O. The molecule has 0 aromatic heterocycles. The molecule has 0 heterocycles. The zero-order valence-corrected chi connectivity index (χ0v) is 12.0. The van der Waals surface area contributed by atoms with Crippen LogP contribution < -0.4 is 5.32 Å². The van der Waals surface area contributed by atoms with Gasteiger partial charge in [0.1, 0.15) is 0 Å². The van der Waals surface area contributed by atoms with Gasteiger partial charge in [0, 0.05) is 6.54 Å². The molecule has 1 unspecified atom stereocenters. The number of carbonyl (C=O) groups is 1. The maximum absolute atomic E-state index is 11.1. The monoisotopic (exact) mass is 255 g/mol. The second-order valence-corrected chi connectivity index (χ2v) is 6.18. The molecule has 1 atom stereocenters. The Morgan fingerprint density at radius 3 is 2.33 bits per heavy atom. The number of carboxylic acids is 1. The van der Waals surface area contributed by atoms with Crippen molar-refractivity contribution in [1.82, 2.24) is 5.32 Å². The fourth-order valence-corrected chi connectivity index (χ4v) is 2.87. The summed E-state index contributed by atoms with van der Waals surface area (Å²) in [6, 6.07) is 0. The van der Waals surface area contributed by atoms with Crippen molar-refractivity contribution in [3.05, 3.63) is 0 Å². The van der Waals surface area contributed by atoms with Crippen molar-refractivity contribution in [2.24, 2.45) is 17.8 Å². The number of hydrogen-bond donors (Lipinski definition) is 2. The van der Waals surface area contributed by atoms with Crippen LogP contribution in [0.3, 0.4) is 0 Å². The van der Waals surface area contributed by atoms with Crippen LogP contribution in [-0.4, -0.2) is 24.2 Å². The van der Waals surface area contributed by atoms with E-state index in [0.29, 0.717) is 12.5 Å². The van der Waals surface area contributed by atoms with Crippen LogP contribution in [0, 0.1) is 17.8 Å². The number of hydrogen-bond acceptors (Lipinski definition) is 2. The van der Waals surface area contributed by atoms with Gasteiger partial charge in [0.2, 0.25) is 0 Å². The molecular formula is C15H29NO2. The Kier molecular flexibility index (Phi) is 7.33. The van der Waals surface area contributed by atoms with Crippen LogP contribution >= 0.6 is 0 Å². The summed E-state index contributed by atoms with van der Waals surface area (Å²) in [5.41, 5.74) is 0. The molecule has 1 rings (SSSR count). The molecule has 3 heteroatoms. The molecule has 1 aliphatic rings. The molecule has 0 aliphatic heterocycles. The molecule has 2 N–H and O–H groups in total. The second-order valence-electron chi connectivity index (χ2n) is 6.18. The predicted molar refractivity (Wildman–Crippen MR) is 74.6 cm³/mol. The van der Waals surface area contributed by atoms with Gasteiger partial charge >= 0.3 is 5.97 Å². The lowest BCUT2D eigenvalue weighted by Crippen LogP contribution is -2.32. The van der Waals surface area contributed by atoms with Crippen LogP contribution in [-0.2, 0) is 4.79 Å². The molecule has 0 aromatic rings.